The Balaban J connectivity index is 3.05. The van der Waals surface area contributed by atoms with Gasteiger partial charge in [-0.05, 0) is 32.3 Å². The Labute approximate surface area is 137 Å². The minimum absolute atomic E-state index is 0.107. The number of nitrogens with one attached hydrogen (secondary N) is 1. The number of rotatable bonds is 6. The standard InChI is InChI=1S/C15H14BrN5O/c1-21(2)5-6-22-15-7-12(16)3-4-13(15)20-14(10-19)11(8-17)9-18/h3-4,7,20H,5-6H2,1-2H3. The third-order valence-corrected chi connectivity index (χ3v) is 3.08. The second-order valence-corrected chi connectivity index (χ2v) is 5.42. The summed E-state index contributed by atoms with van der Waals surface area (Å²) in [5, 5.41) is 29.6. The van der Waals surface area contributed by atoms with E-state index < -0.39 is 0 Å². The molecule has 1 N–H and O–H groups in total. The SMILES string of the molecule is CN(C)CCOc1cc(Br)ccc1NC(C#N)=C(C#N)C#N. The highest BCUT2D eigenvalue weighted by atomic mass is 79.9. The Bertz CT molecular complexity index is 675. The summed E-state index contributed by atoms with van der Waals surface area (Å²) < 4.78 is 6.51. The van der Waals surface area contributed by atoms with E-state index in [2.05, 4.69) is 21.2 Å². The molecule has 0 atom stereocenters. The minimum Gasteiger partial charge on any atom is -0.490 e. The molecule has 0 amide bonds. The van der Waals surface area contributed by atoms with Crippen molar-refractivity contribution >= 4 is 21.6 Å². The Hall–Kier alpha value is -2.53. The molecule has 0 unspecified atom stereocenters. The number of allylic oxidation sites excluding steroid dienone is 2. The third-order valence-electron chi connectivity index (χ3n) is 2.58. The maximum Gasteiger partial charge on any atom is 0.163 e. The number of halogens is 1. The van der Waals surface area contributed by atoms with E-state index in [0.29, 0.717) is 18.0 Å². The van der Waals surface area contributed by atoms with Gasteiger partial charge >= 0.3 is 0 Å². The Morgan fingerprint density at radius 2 is 1.91 bits per heavy atom. The van der Waals surface area contributed by atoms with Crippen LogP contribution in [0.5, 0.6) is 5.75 Å². The van der Waals surface area contributed by atoms with Crippen LogP contribution < -0.4 is 10.1 Å². The first-order valence-electron chi connectivity index (χ1n) is 6.30. The summed E-state index contributed by atoms with van der Waals surface area (Å²) in [4.78, 5) is 1.98. The summed E-state index contributed by atoms with van der Waals surface area (Å²) in [6.07, 6.45) is 0. The van der Waals surface area contributed by atoms with Crippen LogP contribution in [0.4, 0.5) is 5.69 Å². The third kappa shape index (κ3) is 5.10. The monoisotopic (exact) mass is 359 g/mol. The lowest BCUT2D eigenvalue weighted by Gasteiger charge is -2.15. The van der Waals surface area contributed by atoms with Crippen molar-refractivity contribution in [2.45, 2.75) is 0 Å². The quantitative estimate of drug-likeness (QED) is 0.784. The van der Waals surface area contributed by atoms with Gasteiger partial charge in [-0.2, -0.15) is 15.8 Å². The molecule has 112 valence electrons. The van der Waals surface area contributed by atoms with Gasteiger partial charge in [0, 0.05) is 11.0 Å². The minimum atomic E-state index is -0.273. The molecule has 0 aromatic heterocycles. The Morgan fingerprint density at radius 3 is 2.45 bits per heavy atom. The summed E-state index contributed by atoms with van der Waals surface area (Å²) in [5.74, 6) is 0.527. The highest BCUT2D eigenvalue weighted by molar-refractivity contribution is 9.10. The van der Waals surface area contributed by atoms with Crippen molar-refractivity contribution in [3.05, 3.63) is 33.9 Å². The van der Waals surface area contributed by atoms with Crippen molar-refractivity contribution in [1.82, 2.24) is 4.90 Å². The van der Waals surface area contributed by atoms with Crippen LogP contribution in [0.25, 0.3) is 0 Å². The first-order chi connectivity index (χ1) is 10.5. The summed E-state index contributed by atoms with van der Waals surface area (Å²) in [5.41, 5.74) is 0.135. The number of nitriles is 3. The van der Waals surface area contributed by atoms with Crippen LogP contribution in [0, 0.1) is 34.0 Å². The van der Waals surface area contributed by atoms with Crippen molar-refractivity contribution in [1.29, 1.82) is 15.8 Å². The second kappa shape index (κ2) is 8.69. The Morgan fingerprint density at radius 1 is 1.23 bits per heavy atom. The molecule has 0 aliphatic rings. The fourth-order valence-corrected chi connectivity index (χ4v) is 1.81. The Kier molecular flexibility index (Phi) is 6.92. The lowest BCUT2D eigenvalue weighted by Crippen LogP contribution is -2.19. The van der Waals surface area contributed by atoms with Crippen molar-refractivity contribution in [3.63, 3.8) is 0 Å². The van der Waals surface area contributed by atoms with Crippen molar-refractivity contribution in [2.24, 2.45) is 0 Å². The van der Waals surface area contributed by atoms with Gasteiger partial charge in [0.05, 0.1) is 5.69 Å². The van der Waals surface area contributed by atoms with Crippen LogP contribution in [0.3, 0.4) is 0 Å². The number of likely N-dealkylation sites (N-methyl/N-ethyl adjacent to an activating group) is 1. The van der Waals surface area contributed by atoms with Crippen LogP contribution in [0.2, 0.25) is 0 Å². The molecule has 0 aliphatic heterocycles. The van der Waals surface area contributed by atoms with Gasteiger partial charge in [0.15, 0.2) is 5.57 Å². The van der Waals surface area contributed by atoms with Crippen LogP contribution >= 0.6 is 15.9 Å². The van der Waals surface area contributed by atoms with Crippen molar-refractivity contribution in [2.75, 3.05) is 32.6 Å². The van der Waals surface area contributed by atoms with E-state index in [1.54, 1.807) is 30.3 Å². The highest BCUT2D eigenvalue weighted by Gasteiger charge is 2.10. The zero-order valence-electron chi connectivity index (χ0n) is 12.2. The number of anilines is 1. The lowest BCUT2D eigenvalue weighted by molar-refractivity contribution is 0.262. The molecule has 0 heterocycles. The molecule has 1 rings (SSSR count). The van der Waals surface area contributed by atoms with Gasteiger partial charge in [0.25, 0.3) is 0 Å². The van der Waals surface area contributed by atoms with Gasteiger partial charge in [0.2, 0.25) is 0 Å². The normalized spacial score (nSPS) is 9.32. The van der Waals surface area contributed by atoms with Gasteiger partial charge in [-0.3, -0.25) is 0 Å². The number of hydrogen-bond donors (Lipinski definition) is 1. The molecule has 0 bridgehead atoms. The predicted octanol–water partition coefficient (Wildman–Crippen LogP) is 2.63. The molecule has 0 aliphatic carbocycles. The number of ether oxygens (including phenoxy) is 1. The molecule has 7 heteroatoms. The summed E-state index contributed by atoms with van der Waals surface area (Å²) >= 11 is 3.36. The van der Waals surface area contributed by atoms with Crippen LogP contribution in [-0.2, 0) is 0 Å². The number of nitrogens with zero attached hydrogens (tertiary/aromatic N) is 4. The number of benzene rings is 1. The van der Waals surface area contributed by atoms with E-state index in [-0.39, 0.29) is 11.3 Å². The molecule has 0 radical (unpaired) electrons. The number of hydrogen-bond acceptors (Lipinski definition) is 6. The van der Waals surface area contributed by atoms with Gasteiger partial charge < -0.3 is 15.0 Å². The molecule has 1 aromatic carbocycles. The van der Waals surface area contributed by atoms with Crippen molar-refractivity contribution in [3.8, 4) is 24.0 Å². The lowest BCUT2D eigenvalue weighted by atomic mass is 10.2. The largest absolute Gasteiger partial charge is 0.490 e. The zero-order valence-corrected chi connectivity index (χ0v) is 13.8. The maximum absolute atomic E-state index is 9.08. The van der Waals surface area contributed by atoms with Crippen LogP contribution in [0.15, 0.2) is 33.9 Å². The first kappa shape index (κ1) is 17.5. The molecule has 0 saturated heterocycles. The first-order valence-corrected chi connectivity index (χ1v) is 7.09. The fraction of sp³-hybridized carbons (Fsp3) is 0.267. The summed E-state index contributed by atoms with van der Waals surface area (Å²) in [6.45, 7) is 1.20. The molecule has 1 aromatic rings. The molecular weight excluding hydrogens is 346 g/mol. The predicted molar refractivity (Wildman–Crippen MR) is 85.7 cm³/mol. The molecule has 6 nitrogen and oxygen atoms in total. The van der Waals surface area contributed by atoms with Gasteiger partial charge in [0.1, 0.15) is 36.3 Å². The summed E-state index contributed by atoms with van der Waals surface area (Å²) in [6, 6.07) is 10.4. The smallest absolute Gasteiger partial charge is 0.163 e. The molecular formula is C15H14BrN5O. The van der Waals surface area contributed by atoms with E-state index in [4.69, 9.17) is 20.5 Å². The average molecular weight is 360 g/mol. The summed E-state index contributed by atoms with van der Waals surface area (Å²) in [7, 11) is 3.87. The molecule has 0 fully saturated rings. The molecule has 0 spiro atoms. The van der Waals surface area contributed by atoms with Crippen LogP contribution in [0.1, 0.15) is 0 Å². The van der Waals surface area contributed by atoms with Gasteiger partial charge in [-0.1, -0.05) is 15.9 Å². The topological polar surface area (TPSA) is 95.9 Å². The maximum atomic E-state index is 9.08. The highest BCUT2D eigenvalue weighted by Crippen LogP contribution is 2.29. The van der Waals surface area contributed by atoms with Crippen LogP contribution in [-0.4, -0.2) is 32.1 Å². The van der Waals surface area contributed by atoms with E-state index in [9.17, 15) is 0 Å². The fourth-order valence-electron chi connectivity index (χ4n) is 1.47. The van der Waals surface area contributed by atoms with Crippen molar-refractivity contribution < 1.29 is 4.74 Å². The molecule has 0 saturated carbocycles. The second-order valence-electron chi connectivity index (χ2n) is 4.50. The zero-order chi connectivity index (χ0) is 16.5. The van der Waals surface area contributed by atoms with E-state index in [0.717, 1.165) is 11.0 Å². The van der Waals surface area contributed by atoms with Gasteiger partial charge in [-0.25, -0.2) is 0 Å². The molecule has 22 heavy (non-hydrogen) atoms. The van der Waals surface area contributed by atoms with E-state index in [1.807, 2.05) is 25.1 Å². The van der Waals surface area contributed by atoms with E-state index in [1.165, 1.54) is 0 Å². The van der Waals surface area contributed by atoms with Gasteiger partial charge in [-0.15, -0.1) is 0 Å². The average Bonchev–Trinajstić information content (AvgIpc) is 2.49. The van der Waals surface area contributed by atoms with E-state index >= 15 is 0 Å².